The zero-order valence-corrected chi connectivity index (χ0v) is 14.4. The number of carbonyl (C=O) groups excluding carboxylic acids is 2. The normalized spacial score (nSPS) is 22.7. The third-order valence-electron chi connectivity index (χ3n) is 4.86. The van der Waals surface area contributed by atoms with Crippen LogP contribution in [0.25, 0.3) is 0 Å². The van der Waals surface area contributed by atoms with Gasteiger partial charge in [0, 0.05) is 37.3 Å². The quantitative estimate of drug-likeness (QED) is 0.895. The number of likely N-dealkylation sites (tertiary alicyclic amines) is 1. The lowest BCUT2D eigenvalue weighted by Crippen LogP contribution is -2.34. The number of benzene rings is 1. The summed E-state index contributed by atoms with van der Waals surface area (Å²) in [7, 11) is 0. The van der Waals surface area contributed by atoms with Crippen LogP contribution in [0.2, 0.25) is 0 Å². The molecule has 0 aromatic heterocycles. The molecule has 1 fully saturated rings. The number of halogens is 1. The number of rotatable bonds is 2. The molecule has 0 aliphatic carbocycles. The predicted octanol–water partition coefficient (Wildman–Crippen LogP) is 1.83. The Labute approximate surface area is 143 Å². The first-order chi connectivity index (χ1) is 10.5. The second-order valence-corrected chi connectivity index (χ2v) is 6.41. The van der Waals surface area contributed by atoms with Crippen molar-refractivity contribution in [3.63, 3.8) is 0 Å². The van der Waals surface area contributed by atoms with Gasteiger partial charge in [-0.1, -0.05) is 0 Å². The van der Waals surface area contributed by atoms with Crippen LogP contribution in [0.1, 0.15) is 36.2 Å². The molecule has 23 heavy (non-hydrogen) atoms. The highest BCUT2D eigenvalue weighted by molar-refractivity contribution is 5.98. The average Bonchev–Trinajstić information content (AvgIpc) is 3.09. The second-order valence-electron chi connectivity index (χ2n) is 6.41. The van der Waals surface area contributed by atoms with Crippen LogP contribution >= 0.6 is 12.4 Å². The van der Waals surface area contributed by atoms with Gasteiger partial charge >= 0.3 is 0 Å². The summed E-state index contributed by atoms with van der Waals surface area (Å²) in [5, 5.41) is 0. The first kappa shape index (κ1) is 17.8. The number of hydrogen-bond acceptors (Lipinski definition) is 3. The van der Waals surface area contributed by atoms with E-state index in [-0.39, 0.29) is 30.3 Å². The van der Waals surface area contributed by atoms with Crippen molar-refractivity contribution in [2.24, 2.45) is 11.7 Å². The van der Waals surface area contributed by atoms with Gasteiger partial charge in [-0.25, -0.2) is 0 Å². The van der Waals surface area contributed by atoms with Crippen LogP contribution in [-0.4, -0.2) is 42.4 Å². The molecule has 2 N–H and O–H groups in total. The number of hydrogen-bond donors (Lipinski definition) is 1. The van der Waals surface area contributed by atoms with E-state index in [4.69, 9.17) is 5.73 Å². The zero-order chi connectivity index (χ0) is 15.9. The molecule has 126 valence electrons. The molecule has 2 unspecified atom stereocenters. The van der Waals surface area contributed by atoms with Gasteiger partial charge in [-0.05, 0) is 56.0 Å². The lowest BCUT2D eigenvalue weighted by molar-refractivity contribution is -0.116. The van der Waals surface area contributed by atoms with Crippen molar-refractivity contribution in [3.05, 3.63) is 29.3 Å². The Morgan fingerprint density at radius 1 is 1.35 bits per heavy atom. The Kier molecular flexibility index (Phi) is 5.32. The van der Waals surface area contributed by atoms with Crippen LogP contribution in [0.15, 0.2) is 18.2 Å². The first-order valence-electron chi connectivity index (χ1n) is 7.93. The summed E-state index contributed by atoms with van der Waals surface area (Å²) in [5.74, 6) is 0.533. The largest absolute Gasteiger partial charge is 0.336 e. The van der Waals surface area contributed by atoms with Crippen LogP contribution in [0.4, 0.5) is 5.69 Å². The van der Waals surface area contributed by atoms with Crippen molar-refractivity contribution in [1.82, 2.24) is 4.90 Å². The van der Waals surface area contributed by atoms with Gasteiger partial charge in [0.25, 0.3) is 5.91 Å². The first-order valence-corrected chi connectivity index (χ1v) is 7.93. The minimum absolute atomic E-state index is 0. The Balaban J connectivity index is 0.00000192. The Bertz CT molecular complexity index is 620. The maximum absolute atomic E-state index is 12.7. The number of fused-ring (bicyclic) bond motifs is 1. The molecule has 6 heteroatoms. The molecule has 0 spiro atoms. The molecule has 2 heterocycles. The number of nitrogens with zero attached hydrogens (tertiary/aromatic N) is 2. The molecule has 5 nitrogen and oxygen atoms in total. The van der Waals surface area contributed by atoms with Gasteiger partial charge in [-0.2, -0.15) is 0 Å². The molecule has 0 radical (unpaired) electrons. The predicted molar refractivity (Wildman–Crippen MR) is 93.1 cm³/mol. The summed E-state index contributed by atoms with van der Waals surface area (Å²) in [6.07, 6.45) is 1.79. The van der Waals surface area contributed by atoms with E-state index in [1.165, 1.54) is 0 Å². The maximum atomic E-state index is 12.7. The fourth-order valence-electron chi connectivity index (χ4n) is 3.62. The standard InChI is InChI=1S/C17H23N3O2.ClH/c1-11-7-13(9-18)10-20(11)17(22)15-3-4-16-14(8-15)5-6-19(16)12(2)21;/h3-4,8,11,13H,5-7,9-10,18H2,1-2H3;1H. The van der Waals surface area contributed by atoms with E-state index in [0.717, 1.165) is 30.6 Å². The van der Waals surface area contributed by atoms with Gasteiger partial charge in [0.05, 0.1) is 0 Å². The van der Waals surface area contributed by atoms with E-state index >= 15 is 0 Å². The molecule has 0 saturated carbocycles. The summed E-state index contributed by atoms with van der Waals surface area (Å²) >= 11 is 0. The van der Waals surface area contributed by atoms with Crippen LogP contribution in [0, 0.1) is 5.92 Å². The highest BCUT2D eigenvalue weighted by Crippen LogP contribution is 2.30. The van der Waals surface area contributed by atoms with Crippen molar-refractivity contribution < 1.29 is 9.59 Å². The van der Waals surface area contributed by atoms with Gasteiger partial charge in [0.2, 0.25) is 5.91 Å². The lowest BCUT2D eigenvalue weighted by atomic mass is 10.1. The minimum Gasteiger partial charge on any atom is -0.336 e. The van der Waals surface area contributed by atoms with Crippen LogP contribution in [-0.2, 0) is 11.2 Å². The minimum atomic E-state index is 0. The smallest absolute Gasteiger partial charge is 0.254 e. The highest BCUT2D eigenvalue weighted by Gasteiger charge is 2.32. The van der Waals surface area contributed by atoms with E-state index in [1.54, 1.807) is 11.8 Å². The molecule has 1 aromatic rings. The Hall–Kier alpha value is -1.59. The van der Waals surface area contributed by atoms with Gasteiger partial charge in [0.1, 0.15) is 0 Å². The van der Waals surface area contributed by atoms with Crippen molar-refractivity contribution in [2.45, 2.75) is 32.7 Å². The summed E-state index contributed by atoms with van der Waals surface area (Å²) < 4.78 is 0. The third kappa shape index (κ3) is 3.21. The van der Waals surface area contributed by atoms with Crippen molar-refractivity contribution in [3.8, 4) is 0 Å². The van der Waals surface area contributed by atoms with E-state index < -0.39 is 0 Å². The second kappa shape index (κ2) is 6.89. The van der Waals surface area contributed by atoms with Gasteiger partial charge in [-0.15, -0.1) is 12.4 Å². The third-order valence-corrected chi connectivity index (χ3v) is 4.86. The number of nitrogens with two attached hydrogens (primary N) is 1. The molecule has 1 saturated heterocycles. The molecular formula is C17H24ClN3O2. The molecule has 2 aliphatic rings. The molecule has 0 bridgehead atoms. The summed E-state index contributed by atoms with van der Waals surface area (Å²) in [4.78, 5) is 28.0. The molecule has 1 aromatic carbocycles. The fourth-order valence-corrected chi connectivity index (χ4v) is 3.62. The Morgan fingerprint density at radius 2 is 2.09 bits per heavy atom. The number of amides is 2. The lowest BCUT2D eigenvalue weighted by Gasteiger charge is -2.22. The molecular weight excluding hydrogens is 314 g/mol. The molecule has 2 amide bonds. The van der Waals surface area contributed by atoms with Gasteiger partial charge in [0.15, 0.2) is 0 Å². The zero-order valence-electron chi connectivity index (χ0n) is 13.6. The summed E-state index contributed by atoms with van der Waals surface area (Å²) in [6.45, 7) is 5.74. The molecule has 2 aliphatic heterocycles. The van der Waals surface area contributed by atoms with Crippen LogP contribution in [0.5, 0.6) is 0 Å². The van der Waals surface area contributed by atoms with Crippen molar-refractivity contribution in [1.29, 1.82) is 0 Å². The van der Waals surface area contributed by atoms with Crippen molar-refractivity contribution >= 4 is 29.9 Å². The van der Waals surface area contributed by atoms with E-state index in [9.17, 15) is 9.59 Å². The summed E-state index contributed by atoms with van der Waals surface area (Å²) in [5.41, 5.74) is 8.48. The highest BCUT2D eigenvalue weighted by atomic mass is 35.5. The molecule has 2 atom stereocenters. The van der Waals surface area contributed by atoms with Crippen molar-refractivity contribution in [2.75, 3.05) is 24.5 Å². The van der Waals surface area contributed by atoms with Crippen LogP contribution < -0.4 is 10.6 Å². The molecule has 3 rings (SSSR count). The average molecular weight is 338 g/mol. The Morgan fingerprint density at radius 3 is 2.70 bits per heavy atom. The van der Waals surface area contributed by atoms with Crippen LogP contribution in [0.3, 0.4) is 0 Å². The summed E-state index contributed by atoms with van der Waals surface area (Å²) in [6, 6.07) is 5.93. The monoisotopic (exact) mass is 337 g/mol. The SMILES string of the molecule is CC(=O)N1CCc2cc(C(=O)N3CC(CN)CC3C)ccc21.Cl. The number of anilines is 1. The topological polar surface area (TPSA) is 66.6 Å². The maximum Gasteiger partial charge on any atom is 0.254 e. The van der Waals surface area contributed by atoms with Gasteiger partial charge in [-0.3, -0.25) is 9.59 Å². The van der Waals surface area contributed by atoms with E-state index in [1.807, 2.05) is 23.1 Å². The van der Waals surface area contributed by atoms with E-state index in [2.05, 4.69) is 6.92 Å². The van der Waals surface area contributed by atoms with Gasteiger partial charge < -0.3 is 15.5 Å². The fraction of sp³-hybridized carbons (Fsp3) is 0.529. The number of carbonyl (C=O) groups is 2. The van der Waals surface area contributed by atoms with E-state index in [0.29, 0.717) is 24.6 Å².